The monoisotopic (exact) mass is 495 g/mol. The first kappa shape index (κ1) is 24.7. The third-order valence-electron chi connectivity index (χ3n) is 6.59. The Hall–Kier alpha value is -3.97. The highest BCUT2D eigenvalue weighted by molar-refractivity contribution is 6.05. The summed E-state index contributed by atoms with van der Waals surface area (Å²) in [4.78, 5) is 27.0. The van der Waals surface area contributed by atoms with Crippen molar-refractivity contribution >= 4 is 28.4 Å². The van der Waals surface area contributed by atoms with E-state index in [1.807, 2.05) is 56.6 Å². The summed E-state index contributed by atoms with van der Waals surface area (Å²) in [6.45, 7) is 5.31. The quantitative estimate of drug-likeness (QED) is 0.353. The number of hydrogen-bond acceptors (Lipinski definition) is 6. The molecule has 1 N–H and O–H groups in total. The van der Waals surface area contributed by atoms with Gasteiger partial charge in [-0.25, -0.2) is 9.97 Å². The van der Waals surface area contributed by atoms with E-state index in [0.717, 1.165) is 60.5 Å². The number of fused-ring (bicyclic) bond motifs is 1. The lowest BCUT2D eigenvalue weighted by molar-refractivity contribution is 0.102. The van der Waals surface area contributed by atoms with Crippen molar-refractivity contribution < 1.29 is 9.53 Å². The van der Waals surface area contributed by atoms with E-state index in [9.17, 15) is 4.79 Å². The molecule has 5 rings (SSSR count). The molecule has 1 fully saturated rings. The first-order valence-corrected chi connectivity index (χ1v) is 12.8. The van der Waals surface area contributed by atoms with E-state index < -0.39 is 0 Å². The van der Waals surface area contributed by atoms with Gasteiger partial charge in [0.1, 0.15) is 6.61 Å². The number of rotatable bonds is 8. The lowest BCUT2D eigenvalue weighted by Crippen LogP contribution is -2.23. The summed E-state index contributed by atoms with van der Waals surface area (Å²) in [6.07, 6.45) is 2.27. The van der Waals surface area contributed by atoms with E-state index >= 15 is 0 Å². The summed E-state index contributed by atoms with van der Waals surface area (Å²) < 4.78 is 6.04. The zero-order chi connectivity index (χ0) is 25.8. The summed E-state index contributed by atoms with van der Waals surface area (Å²) in [5.41, 5.74) is 6.19. The van der Waals surface area contributed by atoms with E-state index in [-0.39, 0.29) is 5.91 Å². The van der Waals surface area contributed by atoms with Gasteiger partial charge in [0.15, 0.2) is 5.82 Å². The SMILES string of the molecule is Cc1ccc(-c2ccc(C(=O)Nc3ccc4nc(OCCN(C)C)c(N5CCCC5)nc4c3)cc2)cc1. The van der Waals surface area contributed by atoms with Crippen molar-refractivity contribution in [2.45, 2.75) is 19.8 Å². The van der Waals surface area contributed by atoms with Gasteiger partial charge in [-0.05, 0) is 75.3 Å². The van der Waals surface area contributed by atoms with E-state index in [2.05, 4.69) is 46.3 Å². The number of anilines is 2. The number of nitrogens with zero attached hydrogens (tertiary/aromatic N) is 4. The van der Waals surface area contributed by atoms with Crippen molar-refractivity contribution in [2.24, 2.45) is 0 Å². The molecule has 0 unspecified atom stereocenters. The Kier molecular flexibility index (Phi) is 7.32. The maximum absolute atomic E-state index is 13.0. The van der Waals surface area contributed by atoms with Gasteiger partial charge in [0.05, 0.1) is 11.0 Å². The molecule has 1 aliphatic heterocycles. The Bertz CT molecular complexity index is 1380. The Morgan fingerprint density at radius 2 is 1.59 bits per heavy atom. The van der Waals surface area contributed by atoms with Gasteiger partial charge in [0, 0.05) is 30.9 Å². The molecule has 190 valence electrons. The number of carbonyl (C=O) groups is 1. The fourth-order valence-electron chi connectivity index (χ4n) is 4.43. The Morgan fingerprint density at radius 1 is 0.919 bits per heavy atom. The van der Waals surface area contributed by atoms with Crippen molar-refractivity contribution in [1.29, 1.82) is 0 Å². The van der Waals surface area contributed by atoms with E-state index in [0.29, 0.717) is 23.7 Å². The number of aryl methyl sites for hydroxylation is 1. The molecule has 7 nitrogen and oxygen atoms in total. The maximum Gasteiger partial charge on any atom is 0.258 e. The zero-order valence-electron chi connectivity index (χ0n) is 21.7. The van der Waals surface area contributed by atoms with Crippen LogP contribution in [-0.2, 0) is 0 Å². The van der Waals surface area contributed by atoms with Crippen LogP contribution >= 0.6 is 0 Å². The number of carbonyl (C=O) groups excluding carboxylic acids is 1. The van der Waals surface area contributed by atoms with Crippen LogP contribution in [-0.4, -0.2) is 61.1 Å². The van der Waals surface area contributed by atoms with Crippen LogP contribution < -0.4 is 15.0 Å². The molecular formula is C30H33N5O2. The normalized spacial score (nSPS) is 13.4. The molecule has 37 heavy (non-hydrogen) atoms. The number of ether oxygens (including phenoxy) is 1. The smallest absolute Gasteiger partial charge is 0.258 e. The Labute approximate surface area is 218 Å². The minimum atomic E-state index is -0.161. The minimum absolute atomic E-state index is 0.161. The van der Waals surface area contributed by atoms with Crippen LogP contribution in [0.5, 0.6) is 5.88 Å². The third-order valence-corrected chi connectivity index (χ3v) is 6.59. The third kappa shape index (κ3) is 5.89. The average molecular weight is 496 g/mol. The van der Waals surface area contributed by atoms with Crippen LogP contribution in [0.3, 0.4) is 0 Å². The van der Waals surface area contributed by atoms with Gasteiger partial charge < -0.3 is 19.9 Å². The second-order valence-electron chi connectivity index (χ2n) is 9.80. The highest BCUT2D eigenvalue weighted by Gasteiger charge is 2.21. The van der Waals surface area contributed by atoms with E-state index in [1.165, 1.54) is 5.56 Å². The van der Waals surface area contributed by atoms with Crippen LogP contribution in [0.2, 0.25) is 0 Å². The molecule has 4 aromatic rings. The molecule has 3 aromatic carbocycles. The Morgan fingerprint density at radius 3 is 2.27 bits per heavy atom. The molecule has 0 bridgehead atoms. The molecule has 0 aliphatic carbocycles. The number of benzene rings is 3. The van der Waals surface area contributed by atoms with Crippen LogP contribution in [0.1, 0.15) is 28.8 Å². The van der Waals surface area contributed by atoms with Crippen LogP contribution in [0, 0.1) is 6.92 Å². The van der Waals surface area contributed by atoms with Gasteiger partial charge in [-0.15, -0.1) is 0 Å². The standard InChI is InChI=1S/C30H33N5O2/c1-21-6-8-22(9-7-21)23-10-12-24(13-11-23)29(36)31-25-14-15-26-27(20-25)32-28(35-16-4-5-17-35)30(33-26)37-19-18-34(2)3/h6-15,20H,4-5,16-19H2,1-3H3,(H,31,36). The van der Waals surface area contributed by atoms with Crippen molar-refractivity contribution in [2.75, 3.05) is 50.6 Å². The minimum Gasteiger partial charge on any atom is -0.474 e. The largest absolute Gasteiger partial charge is 0.474 e. The molecule has 0 spiro atoms. The maximum atomic E-state index is 13.0. The first-order valence-electron chi connectivity index (χ1n) is 12.8. The predicted molar refractivity (Wildman–Crippen MR) is 150 cm³/mol. The van der Waals surface area contributed by atoms with Gasteiger partial charge >= 0.3 is 0 Å². The average Bonchev–Trinajstić information content (AvgIpc) is 3.44. The zero-order valence-corrected chi connectivity index (χ0v) is 21.7. The predicted octanol–water partition coefficient (Wildman–Crippen LogP) is 5.40. The summed E-state index contributed by atoms with van der Waals surface area (Å²) in [5.74, 6) is 1.19. The van der Waals surface area contributed by atoms with Crippen molar-refractivity contribution in [1.82, 2.24) is 14.9 Å². The van der Waals surface area contributed by atoms with Gasteiger partial charge in [0.2, 0.25) is 0 Å². The van der Waals surface area contributed by atoms with E-state index in [4.69, 9.17) is 14.7 Å². The second kappa shape index (κ2) is 11.0. The lowest BCUT2D eigenvalue weighted by Gasteiger charge is -2.20. The summed E-state index contributed by atoms with van der Waals surface area (Å²) in [7, 11) is 4.04. The number of likely N-dealkylation sites (N-methyl/N-ethyl adjacent to an activating group) is 1. The van der Waals surface area contributed by atoms with Crippen LogP contribution in [0.15, 0.2) is 66.7 Å². The van der Waals surface area contributed by atoms with E-state index in [1.54, 1.807) is 0 Å². The summed E-state index contributed by atoms with van der Waals surface area (Å²) in [5, 5.41) is 3.01. The molecule has 0 saturated carbocycles. The lowest BCUT2D eigenvalue weighted by atomic mass is 10.0. The summed E-state index contributed by atoms with van der Waals surface area (Å²) >= 11 is 0. The van der Waals surface area contributed by atoms with Crippen molar-refractivity contribution in [3.05, 3.63) is 77.9 Å². The number of amides is 1. The second-order valence-corrected chi connectivity index (χ2v) is 9.80. The molecular weight excluding hydrogens is 462 g/mol. The van der Waals surface area contributed by atoms with Crippen molar-refractivity contribution in [3.63, 3.8) is 0 Å². The van der Waals surface area contributed by atoms with Gasteiger partial charge in [0.25, 0.3) is 11.8 Å². The number of hydrogen-bond donors (Lipinski definition) is 1. The van der Waals surface area contributed by atoms with Gasteiger partial charge in [-0.3, -0.25) is 4.79 Å². The number of nitrogens with one attached hydrogen (secondary N) is 1. The number of aromatic nitrogens is 2. The molecule has 2 heterocycles. The summed E-state index contributed by atoms with van der Waals surface area (Å²) in [6, 6.07) is 21.6. The highest BCUT2D eigenvalue weighted by atomic mass is 16.5. The molecule has 1 saturated heterocycles. The first-order chi connectivity index (χ1) is 18.0. The molecule has 1 aliphatic rings. The highest BCUT2D eigenvalue weighted by Crippen LogP contribution is 2.31. The van der Waals surface area contributed by atoms with Gasteiger partial charge in [-0.1, -0.05) is 42.0 Å². The Balaban J connectivity index is 1.35. The fourth-order valence-corrected chi connectivity index (χ4v) is 4.43. The van der Waals surface area contributed by atoms with Crippen LogP contribution in [0.25, 0.3) is 22.2 Å². The topological polar surface area (TPSA) is 70.6 Å². The molecule has 1 aromatic heterocycles. The fraction of sp³-hybridized carbons (Fsp3) is 0.300. The van der Waals surface area contributed by atoms with Crippen LogP contribution in [0.4, 0.5) is 11.5 Å². The van der Waals surface area contributed by atoms with Gasteiger partial charge in [-0.2, -0.15) is 0 Å². The molecule has 0 atom stereocenters. The molecule has 7 heteroatoms. The molecule has 0 radical (unpaired) electrons. The van der Waals surface area contributed by atoms with Crippen molar-refractivity contribution in [3.8, 4) is 17.0 Å². The molecule has 1 amide bonds.